The SMILES string of the molecule is COc1ccc(C(C)(C)C(=O)Nc2cccc(C3=NCCCN3)c2)cc1. The van der Waals surface area contributed by atoms with Gasteiger partial charge in [-0.2, -0.15) is 0 Å². The number of nitrogens with one attached hydrogen (secondary N) is 2. The average Bonchev–Trinajstić information content (AvgIpc) is 2.69. The molecule has 0 spiro atoms. The Labute approximate surface area is 154 Å². The standard InChI is InChI=1S/C21H25N3O2/c1-21(2,16-8-10-18(26-3)11-9-16)20(25)24-17-7-4-6-15(14-17)19-22-12-5-13-23-19/h4,6-11,14H,5,12-13H2,1-3H3,(H,22,23)(H,24,25). The highest BCUT2D eigenvalue weighted by molar-refractivity contribution is 6.02. The molecule has 1 aliphatic heterocycles. The molecule has 0 saturated heterocycles. The van der Waals surface area contributed by atoms with Gasteiger partial charge in [-0.3, -0.25) is 9.79 Å². The van der Waals surface area contributed by atoms with Gasteiger partial charge in [0.25, 0.3) is 0 Å². The van der Waals surface area contributed by atoms with E-state index in [9.17, 15) is 4.79 Å². The Hall–Kier alpha value is -2.82. The number of aliphatic imine (C=N–C) groups is 1. The van der Waals surface area contributed by atoms with Crippen LogP contribution in [0.4, 0.5) is 5.69 Å². The molecule has 2 aromatic rings. The van der Waals surface area contributed by atoms with Crippen molar-refractivity contribution >= 4 is 17.4 Å². The van der Waals surface area contributed by atoms with Crippen molar-refractivity contribution in [2.45, 2.75) is 25.7 Å². The fourth-order valence-electron chi connectivity index (χ4n) is 2.90. The van der Waals surface area contributed by atoms with Crippen molar-refractivity contribution < 1.29 is 9.53 Å². The Morgan fingerprint density at radius 3 is 2.62 bits per heavy atom. The molecule has 0 fully saturated rings. The Bertz CT molecular complexity index is 810. The number of benzene rings is 2. The second-order valence-electron chi connectivity index (χ2n) is 6.90. The lowest BCUT2D eigenvalue weighted by atomic mass is 9.83. The third-order valence-electron chi connectivity index (χ3n) is 4.67. The number of rotatable bonds is 5. The van der Waals surface area contributed by atoms with Gasteiger partial charge in [-0.05, 0) is 50.1 Å². The Kier molecular flexibility index (Phi) is 5.26. The molecule has 1 aliphatic rings. The molecule has 0 unspecified atom stereocenters. The van der Waals surface area contributed by atoms with Crippen molar-refractivity contribution in [3.8, 4) is 5.75 Å². The first kappa shape index (κ1) is 18.0. The molecule has 5 nitrogen and oxygen atoms in total. The minimum atomic E-state index is -0.664. The van der Waals surface area contributed by atoms with Gasteiger partial charge in [0.1, 0.15) is 11.6 Å². The molecule has 3 rings (SSSR count). The summed E-state index contributed by atoms with van der Waals surface area (Å²) in [6.45, 7) is 5.60. The molecule has 0 radical (unpaired) electrons. The van der Waals surface area contributed by atoms with Crippen LogP contribution in [0.1, 0.15) is 31.4 Å². The Balaban J connectivity index is 1.77. The number of amidine groups is 1. The molecule has 0 saturated carbocycles. The largest absolute Gasteiger partial charge is 0.497 e. The summed E-state index contributed by atoms with van der Waals surface area (Å²) < 4.78 is 5.19. The summed E-state index contributed by atoms with van der Waals surface area (Å²) in [4.78, 5) is 17.4. The zero-order valence-electron chi connectivity index (χ0n) is 15.5. The van der Waals surface area contributed by atoms with Crippen LogP contribution in [-0.4, -0.2) is 31.9 Å². The quantitative estimate of drug-likeness (QED) is 0.868. The molecule has 2 aromatic carbocycles. The van der Waals surface area contributed by atoms with Crippen LogP contribution in [0.2, 0.25) is 0 Å². The highest BCUT2D eigenvalue weighted by Crippen LogP contribution is 2.27. The average molecular weight is 351 g/mol. The fraction of sp³-hybridized carbons (Fsp3) is 0.333. The molecule has 0 bridgehead atoms. The number of nitrogens with zero attached hydrogens (tertiary/aromatic N) is 1. The highest BCUT2D eigenvalue weighted by Gasteiger charge is 2.30. The van der Waals surface area contributed by atoms with Gasteiger partial charge in [0.15, 0.2) is 0 Å². The van der Waals surface area contributed by atoms with E-state index in [-0.39, 0.29) is 5.91 Å². The van der Waals surface area contributed by atoms with Crippen molar-refractivity contribution in [1.82, 2.24) is 5.32 Å². The van der Waals surface area contributed by atoms with Crippen LogP contribution in [0, 0.1) is 0 Å². The molecule has 0 aliphatic carbocycles. The topological polar surface area (TPSA) is 62.7 Å². The van der Waals surface area contributed by atoms with E-state index in [0.29, 0.717) is 0 Å². The number of ether oxygens (including phenoxy) is 1. The van der Waals surface area contributed by atoms with Gasteiger partial charge in [-0.15, -0.1) is 0 Å². The maximum atomic E-state index is 12.9. The fourth-order valence-corrected chi connectivity index (χ4v) is 2.90. The number of hydrogen-bond acceptors (Lipinski definition) is 4. The van der Waals surface area contributed by atoms with E-state index >= 15 is 0 Å². The molecule has 1 amide bonds. The van der Waals surface area contributed by atoms with Crippen LogP contribution < -0.4 is 15.4 Å². The lowest BCUT2D eigenvalue weighted by molar-refractivity contribution is -0.120. The third kappa shape index (κ3) is 3.87. The number of hydrogen-bond donors (Lipinski definition) is 2. The van der Waals surface area contributed by atoms with Crippen LogP contribution in [-0.2, 0) is 10.2 Å². The van der Waals surface area contributed by atoms with Crippen molar-refractivity contribution in [2.75, 3.05) is 25.5 Å². The van der Waals surface area contributed by atoms with E-state index in [2.05, 4.69) is 15.6 Å². The lowest BCUT2D eigenvalue weighted by Crippen LogP contribution is -2.35. The number of amides is 1. The van der Waals surface area contributed by atoms with E-state index < -0.39 is 5.41 Å². The lowest BCUT2D eigenvalue weighted by Gasteiger charge is -2.24. The molecule has 2 N–H and O–H groups in total. The van der Waals surface area contributed by atoms with Gasteiger partial charge in [-0.25, -0.2) is 0 Å². The van der Waals surface area contributed by atoms with E-state index in [1.807, 2.05) is 62.4 Å². The van der Waals surface area contributed by atoms with Gasteiger partial charge in [0.2, 0.25) is 5.91 Å². The zero-order valence-corrected chi connectivity index (χ0v) is 15.5. The van der Waals surface area contributed by atoms with Crippen LogP contribution in [0.3, 0.4) is 0 Å². The van der Waals surface area contributed by atoms with Gasteiger partial charge >= 0.3 is 0 Å². The van der Waals surface area contributed by atoms with Crippen molar-refractivity contribution in [2.24, 2.45) is 4.99 Å². The summed E-state index contributed by atoms with van der Waals surface area (Å²) in [6.07, 6.45) is 1.05. The van der Waals surface area contributed by atoms with Crippen LogP contribution >= 0.6 is 0 Å². The van der Waals surface area contributed by atoms with E-state index in [4.69, 9.17) is 4.74 Å². The van der Waals surface area contributed by atoms with Crippen LogP contribution in [0.15, 0.2) is 53.5 Å². The van der Waals surface area contributed by atoms with E-state index in [0.717, 1.165) is 47.9 Å². The van der Waals surface area contributed by atoms with Crippen LogP contribution in [0.25, 0.3) is 0 Å². The summed E-state index contributed by atoms with van der Waals surface area (Å²) in [7, 11) is 1.63. The summed E-state index contributed by atoms with van der Waals surface area (Å²) in [5.41, 5.74) is 2.03. The first-order valence-electron chi connectivity index (χ1n) is 8.85. The van der Waals surface area contributed by atoms with Gasteiger partial charge in [0.05, 0.1) is 12.5 Å². The predicted molar refractivity (Wildman–Crippen MR) is 105 cm³/mol. The summed E-state index contributed by atoms with van der Waals surface area (Å²) in [5.74, 6) is 1.61. The van der Waals surface area contributed by atoms with Gasteiger partial charge in [-0.1, -0.05) is 24.3 Å². The molecule has 1 heterocycles. The zero-order chi connectivity index (χ0) is 18.6. The minimum Gasteiger partial charge on any atom is -0.497 e. The molecule has 5 heteroatoms. The number of carbonyl (C=O) groups is 1. The van der Waals surface area contributed by atoms with E-state index in [1.54, 1.807) is 7.11 Å². The molecule has 26 heavy (non-hydrogen) atoms. The number of methoxy groups -OCH3 is 1. The first-order chi connectivity index (χ1) is 12.5. The normalized spacial score (nSPS) is 14.2. The maximum Gasteiger partial charge on any atom is 0.234 e. The monoisotopic (exact) mass is 351 g/mol. The highest BCUT2D eigenvalue weighted by atomic mass is 16.5. The Morgan fingerprint density at radius 2 is 1.96 bits per heavy atom. The molecule has 136 valence electrons. The molecular weight excluding hydrogens is 326 g/mol. The summed E-state index contributed by atoms with van der Waals surface area (Å²) in [6, 6.07) is 15.4. The molecule has 0 aromatic heterocycles. The molecular formula is C21H25N3O2. The second-order valence-corrected chi connectivity index (χ2v) is 6.90. The number of carbonyl (C=O) groups excluding carboxylic acids is 1. The first-order valence-corrected chi connectivity index (χ1v) is 8.85. The minimum absolute atomic E-state index is 0.0571. The number of anilines is 1. The third-order valence-corrected chi connectivity index (χ3v) is 4.67. The summed E-state index contributed by atoms with van der Waals surface area (Å²) >= 11 is 0. The van der Waals surface area contributed by atoms with Gasteiger partial charge in [0, 0.05) is 24.3 Å². The van der Waals surface area contributed by atoms with Crippen molar-refractivity contribution in [3.63, 3.8) is 0 Å². The maximum absolute atomic E-state index is 12.9. The smallest absolute Gasteiger partial charge is 0.234 e. The second kappa shape index (κ2) is 7.60. The van der Waals surface area contributed by atoms with Crippen molar-refractivity contribution in [3.05, 3.63) is 59.7 Å². The predicted octanol–water partition coefficient (Wildman–Crippen LogP) is 3.35. The van der Waals surface area contributed by atoms with E-state index in [1.165, 1.54) is 0 Å². The summed E-state index contributed by atoms with van der Waals surface area (Å²) in [5, 5.41) is 6.34. The van der Waals surface area contributed by atoms with Crippen molar-refractivity contribution in [1.29, 1.82) is 0 Å². The molecule has 0 atom stereocenters. The van der Waals surface area contributed by atoms with Gasteiger partial charge < -0.3 is 15.4 Å². The van der Waals surface area contributed by atoms with Crippen LogP contribution in [0.5, 0.6) is 5.75 Å². The Morgan fingerprint density at radius 1 is 1.19 bits per heavy atom.